The topological polar surface area (TPSA) is 17.8 Å². The molecule has 1 aromatic rings. The minimum Gasteiger partial charge on any atom is -0.304 e. The maximum absolute atomic E-state index is 4.20. The van der Waals surface area contributed by atoms with E-state index in [2.05, 4.69) is 32.0 Å². The molecule has 12 heavy (non-hydrogen) atoms. The lowest BCUT2D eigenvalue weighted by Gasteiger charge is -2.06. The van der Waals surface area contributed by atoms with Gasteiger partial charge in [-0.3, -0.25) is 0 Å². The molecular weight excluding hydrogens is 148 g/mol. The minimum absolute atomic E-state index is 0.462. The highest BCUT2D eigenvalue weighted by atomic mass is 15.1. The largest absolute Gasteiger partial charge is 0.304 e. The van der Waals surface area contributed by atoms with E-state index in [1.165, 1.54) is 5.69 Å². The standard InChI is InChI=1S/C10H14N2/c1-5-10-11-7-9(8(3)4)12(10)6-2/h5-8H,1-2H2,3-4H3. The maximum atomic E-state index is 4.20. The fourth-order valence-corrected chi connectivity index (χ4v) is 1.17. The first-order valence-electron chi connectivity index (χ1n) is 4.02. The molecule has 0 spiro atoms. The number of hydrogen-bond donors (Lipinski definition) is 0. The van der Waals surface area contributed by atoms with Crippen LogP contribution in [0.5, 0.6) is 0 Å². The van der Waals surface area contributed by atoms with Crippen LogP contribution in [-0.2, 0) is 0 Å². The van der Waals surface area contributed by atoms with Gasteiger partial charge in [0.1, 0.15) is 5.82 Å². The van der Waals surface area contributed by atoms with Crippen LogP contribution in [0.2, 0.25) is 0 Å². The second-order valence-corrected chi connectivity index (χ2v) is 2.95. The zero-order valence-electron chi connectivity index (χ0n) is 7.62. The lowest BCUT2D eigenvalue weighted by molar-refractivity contribution is 0.800. The van der Waals surface area contributed by atoms with Crippen molar-refractivity contribution in [2.45, 2.75) is 19.8 Å². The summed E-state index contributed by atoms with van der Waals surface area (Å²) in [7, 11) is 0. The van der Waals surface area contributed by atoms with Crippen LogP contribution in [0, 0.1) is 0 Å². The molecular formula is C10H14N2. The first-order valence-corrected chi connectivity index (χ1v) is 4.02. The predicted molar refractivity (Wildman–Crippen MR) is 52.8 cm³/mol. The van der Waals surface area contributed by atoms with Crippen LogP contribution in [0.1, 0.15) is 31.3 Å². The average Bonchev–Trinajstić information content (AvgIpc) is 2.46. The number of hydrogen-bond acceptors (Lipinski definition) is 1. The normalized spacial score (nSPS) is 10.2. The molecule has 0 N–H and O–H groups in total. The quantitative estimate of drug-likeness (QED) is 0.668. The fourth-order valence-electron chi connectivity index (χ4n) is 1.17. The maximum Gasteiger partial charge on any atom is 0.136 e. The molecule has 0 aliphatic rings. The van der Waals surface area contributed by atoms with Gasteiger partial charge in [0.15, 0.2) is 0 Å². The van der Waals surface area contributed by atoms with E-state index in [1.807, 2.05) is 10.8 Å². The highest BCUT2D eigenvalue weighted by Gasteiger charge is 2.07. The Labute approximate surface area is 73.2 Å². The highest BCUT2D eigenvalue weighted by molar-refractivity contribution is 5.44. The van der Waals surface area contributed by atoms with Crippen molar-refractivity contribution in [3.63, 3.8) is 0 Å². The molecule has 1 aromatic heterocycles. The summed E-state index contributed by atoms with van der Waals surface area (Å²) in [5.74, 6) is 1.32. The summed E-state index contributed by atoms with van der Waals surface area (Å²) < 4.78 is 1.96. The Morgan fingerprint density at radius 2 is 2.17 bits per heavy atom. The Kier molecular flexibility index (Phi) is 2.48. The van der Waals surface area contributed by atoms with Crippen molar-refractivity contribution in [2.24, 2.45) is 0 Å². The van der Waals surface area contributed by atoms with E-state index in [0.717, 1.165) is 5.82 Å². The van der Waals surface area contributed by atoms with Gasteiger partial charge in [-0.05, 0) is 12.0 Å². The van der Waals surface area contributed by atoms with Crippen molar-refractivity contribution in [1.82, 2.24) is 9.55 Å². The summed E-state index contributed by atoms with van der Waals surface area (Å²) in [6, 6.07) is 0. The van der Waals surface area contributed by atoms with Crippen molar-refractivity contribution in [2.75, 3.05) is 0 Å². The van der Waals surface area contributed by atoms with Crippen molar-refractivity contribution in [3.05, 3.63) is 30.9 Å². The van der Waals surface area contributed by atoms with E-state index in [9.17, 15) is 0 Å². The molecule has 0 aliphatic carbocycles. The molecule has 0 radical (unpaired) electrons. The van der Waals surface area contributed by atoms with Crippen LogP contribution in [-0.4, -0.2) is 9.55 Å². The third kappa shape index (κ3) is 1.33. The summed E-state index contributed by atoms with van der Waals surface area (Å²) in [6.07, 6.45) is 5.36. The smallest absolute Gasteiger partial charge is 0.136 e. The van der Waals surface area contributed by atoms with Crippen molar-refractivity contribution < 1.29 is 0 Å². The van der Waals surface area contributed by atoms with Crippen LogP contribution in [0.15, 0.2) is 19.4 Å². The van der Waals surface area contributed by atoms with E-state index >= 15 is 0 Å². The van der Waals surface area contributed by atoms with E-state index in [0.29, 0.717) is 5.92 Å². The Morgan fingerprint density at radius 1 is 1.50 bits per heavy atom. The zero-order chi connectivity index (χ0) is 9.14. The summed E-state index contributed by atoms with van der Waals surface area (Å²) in [5, 5.41) is 0. The van der Waals surface area contributed by atoms with Crippen LogP contribution < -0.4 is 0 Å². The van der Waals surface area contributed by atoms with Crippen molar-refractivity contribution >= 4 is 12.3 Å². The van der Waals surface area contributed by atoms with Gasteiger partial charge >= 0.3 is 0 Å². The number of nitrogens with zero attached hydrogens (tertiary/aromatic N) is 2. The third-order valence-corrected chi connectivity index (χ3v) is 1.81. The van der Waals surface area contributed by atoms with Crippen LogP contribution in [0.3, 0.4) is 0 Å². The van der Waals surface area contributed by atoms with Gasteiger partial charge < -0.3 is 4.57 Å². The SMILES string of the molecule is C=Cc1ncc(C(C)C)n1C=C. The van der Waals surface area contributed by atoms with Gasteiger partial charge in [-0.15, -0.1) is 0 Å². The van der Waals surface area contributed by atoms with Gasteiger partial charge in [-0.2, -0.15) is 0 Å². The number of rotatable bonds is 3. The lowest BCUT2D eigenvalue weighted by Crippen LogP contribution is -1.97. The molecule has 0 saturated heterocycles. The zero-order valence-corrected chi connectivity index (χ0v) is 7.62. The molecule has 0 aliphatic heterocycles. The van der Waals surface area contributed by atoms with Gasteiger partial charge in [0.2, 0.25) is 0 Å². The third-order valence-electron chi connectivity index (χ3n) is 1.81. The molecule has 2 nitrogen and oxygen atoms in total. The first kappa shape index (κ1) is 8.78. The second-order valence-electron chi connectivity index (χ2n) is 2.95. The molecule has 0 saturated carbocycles. The Hall–Kier alpha value is -1.31. The molecule has 2 heteroatoms. The van der Waals surface area contributed by atoms with E-state index in [1.54, 1.807) is 12.3 Å². The van der Waals surface area contributed by atoms with Crippen LogP contribution in [0.25, 0.3) is 12.3 Å². The summed E-state index contributed by atoms with van der Waals surface area (Å²) in [4.78, 5) is 4.20. The van der Waals surface area contributed by atoms with Gasteiger partial charge in [-0.25, -0.2) is 4.98 Å². The van der Waals surface area contributed by atoms with Crippen molar-refractivity contribution in [1.29, 1.82) is 0 Å². The van der Waals surface area contributed by atoms with Gasteiger partial charge in [0.25, 0.3) is 0 Å². The molecule has 64 valence electrons. The molecule has 0 aromatic carbocycles. The monoisotopic (exact) mass is 162 g/mol. The van der Waals surface area contributed by atoms with Crippen LogP contribution in [0.4, 0.5) is 0 Å². The predicted octanol–water partition coefficient (Wildman–Crippen LogP) is 2.75. The summed E-state index contributed by atoms with van der Waals surface area (Å²) in [5.41, 5.74) is 1.17. The van der Waals surface area contributed by atoms with Crippen molar-refractivity contribution in [3.8, 4) is 0 Å². The highest BCUT2D eigenvalue weighted by Crippen LogP contribution is 2.16. The fraction of sp³-hybridized carbons (Fsp3) is 0.300. The second kappa shape index (κ2) is 3.39. The first-order chi connectivity index (χ1) is 5.70. The molecule has 0 unspecified atom stereocenters. The Balaban J connectivity index is 3.22. The summed E-state index contributed by atoms with van der Waals surface area (Å²) >= 11 is 0. The van der Waals surface area contributed by atoms with E-state index in [4.69, 9.17) is 0 Å². The number of aromatic nitrogens is 2. The van der Waals surface area contributed by atoms with Crippen LogP contribution >= 0.6 is 0 Å². The number of imidazole rings is 1. The van der Waals surface area contributed by atoms with Gasteiger partial charge in [0, 0.05) is 18.1 Å². The molecule has 0 bridgehead atoms. The molecule has 0 fully saturated rings. The van der Waals surface area contributed by atoms with Gasteiger partial charge in [0.05, 0.1) is 0 Å². The van der Waals surface area contributed by atoms with E-state index in [-0.39, 0.29) is 0 Å². The average molecular weight is 162 g/mol. The van der Waals surface area contributed by atoms with Gasteiger partial charge in [-0.1, -0.05) is 27.0 Å². The Morgan fingerprint density at radius 3 is 2.58 bits per heavy atom. The van der Waals surface area contributed by atoms with E-state index < -0.39 is 0 Å². The molecule has 1 rings (SSSR count). The minimum atomic E-state index is 0.462. The lowest BCUT2D eigenvalue weighted by atomic mass is 10.1. The molecule has 0 amide bonds. The molecule has 1 heterocycles. The summed E-state index contributed by atoms with van der Waals surface area (Å²) in [6.45, 7) is 11.7. The Bertz CT molecular complexity index is 295. The molecule has 0 atom stereocenters.